The van der Waals surface area contributed by atoms with E-state index in [9.17, 15) is 22.0 Å². The molecule has 0 amide bonds. The average Bonchev–Trinajstić information content (AvgIpc) is 3.09. The molecule has 2 aromatic heterocycles. The van der Waals surface area contributed by atoms with Crippen LogP contribution in [0.25, 0.3) is 5.65 Å². The third kappa shape index (κ3) is 3.72. The van der Waals surface area contributed by atoms with Crippen molar-refractivity contribution in [2.24, 2.45) is 0 Å². The number of benzene rings is 1. The normalized spacial score (nSPS) is 21.7. The van der Waals surface area contributed by atoms with Crippen molar-refractivity contribution >= 4 is 34.5 Å². The second-order valence-corrected chi connectivity index (χ2v) is 8.26. The van der Waals surface area contributed by atoms with Gasteiger partial charge >= 0.3 is 0 Å². The number of nitrogens with one attached hydrogen (secondary N) is 2. The fraction of sp³-hybridized carbons (Fsp3) is 0.350. The summed E-state index contributed by atoms with van der Waals surface area (Å²) in [4.78, 5) is 6.27. The molecule has 12 heteroatoms. The molecule has 2 fully saturated rings. The van der Waals surface area contributed by atoms with E-state index in [1.165, 1.54) is 16.8 Å². The monoisotopic (exact) mass is 468 g/mol. The highest BCUT2D eigenvalue weighted by Crippen LogP contribution is 2.41. The Morgan fingerprint density at radius 3 is 2.72 bits per heavy atom. The van der Waals surface area contributed by atoms with Crippen LogP contribution >= 0.6 is 12.2 Å². The summed E-state index contributed by atoms with van der Waals surface area (Å²) < 4.78 is 70.0. The number of rotatable bonds is 4. The van der Waals surface area contributed by atoms with E-state index in [2.05, 4.69) is 20.7 Å². The van der Waals surface area contributed by atoms with E-state index < -0.39 is 35.6 Å². The molecule has 1 aliphatic carbocycles. The quantitative estimate of drug-likeness (QED) is 0.443. The number of halogens is 5. The van der Waals surface area contributed by atoms with Gasteiger partial charge in [-0.25, -0.2) is 27.1 Å². The maximum Gasteiger partial charge on any atom is 0.270 e. The number of fused-ring (bicyclic) bond motifs is 1. The van der Waals surface area contributed by atoms with Gasteiger partial charge in [0.15, 0.2) is 10.8 Å². The Kier molecular flexibility index (Phi) is 4.91. The second kappa shape index (κ2) is 7.54. The average molecular weight is 468 g/mol. The Hall–Kier alpha value is -3.02. The van der Waals surface area contributed by atoms with Crippen LogP contribution in [0.3, 0.4) is 0 Å². The van der Waals surface area contributed by atoms with Crippen molar-refractivity contribution in [2.45, 2.75) is 37.3 Å². The minimum Gasteiger partial charge on any atom is -0.353 e. The number of thiocarbonyl (C=S) groups is 1. The molecule has 1 saturated heterocycles. The Labute approximate surface area is 184 Å². The van der Waals surface area contributed by atoms with E-state index >= 15 is 0 Å². The largest absolute Gasteiger partial charge is 0.353 e. The van der Waals surface area contributed by atoms with Crippen molar-refractivity contribution in [1.82, 2.24) is 19.9 Å². The van der Waals surface area contributed by atoms with Crippen molar-refractivity contribution in [3.8, 4) is 0 Å². The summed E-state index contributed by atoms with van der Waals surface area (Å²) in [6.07, 6.45) is 2.46. The molecule has 0 bridgehead atoms. The Morgan fingerprint density at radius 2 is 1.97 bits per heavy atom. The molecule has 2 atom stereocenters. The van der Waals surface area contributed by atoms with Gasteiger partial charge in [0, 0.05) is 24.7 Å². The number of hydrogen-bond acceptors (Lipinski definition) is 4. The Bertz CT molecular complexity index is 1210. The molecular weight excluding hydrogens is 451 g/mol. The van der Waals surface area contributed by atoms with Crippen LogP contribution in [0.5, 0.6) is 0 Å². The highest BCUT2D eigenvalue weighted by atomic mass is 32.1. The van der Waals surface area contributed by atoms with Gasteiger partial charge in [0.1, 0.15) is 23.1 Å². The first-order valence-electron chi connectivity index (χ1n) is 9.95. The van der Waals surface area contributed by atoms with Crippen LogP contribution in [0.4, 0.5) is 33.5 Å². The molecule has 168 valence electrons. The van der Waals surface area contributed by atoms with Gasteiger partial charge < -0.3 is 15.5 Å². The van der Waals surface area contributed by atoms with E-state index in [1.54, 1.807) is 6.07 Å². The summed E-state index contributed by atoms with van der Waals surface area (Å²) in [6, 6.07) is 3.38. The van der Waals surface area contributed by atoms with Crippen LogP contribution in [-0.2, 0) is 0 Å². The SMILES string of the molecule is Fc1ccc(F)c([C@H]2CCCN2c2ccn3nc(F)c(NC(=S)NC4CC4(F)F)c3n2)c1. The number of nitrogens with zero attached hydrogens (tertiary/aromatic N) is 4. The Balaban J connectivity index is 1.44. The van der Waals surface area contributed by atoms with Crippen molar-refractivity contribution in [2.75, 3.05) is 16.8 Å². The van der Waals surface area contributed by atoms with Gasteiger partial charge in [-0.1, -0.05) is 0 Å². The summed E-state index contributed by atoms with van der Waals surface area (Å²) in [5.41, 5.74) is 0.135. The lowest BCUT2D eigenvalue weighted by atomic mass is 10.0. The maximum atomic E-state index is 14.4. The molecule has 0 spiro atoms. The lowest BCUT2D eigenvalue weighted by Crippen LogP contribution is -2.33. The van der Waals surface area contributed by atoms with Crippen LogP contribution in [0, 0.1) is 17.6 Å². The van der Waals surface area contributed by atoms with Crippen LogP contribution < -0.4 is 15.5 Å². The first-order valence-corrected chi connectivity index (χ1v) is 10.4. The van der Waals surface area contributed by atoms with Crippen LogP contribution in [0.2, 0.25) is 0 Å². The van der Waals surface area contributed by atoms with Crippen molar-refractivity contribution in [3.63, 3.8) is 0 Å². The number of hydrogen-bond donors (Lipinski definition) is 2. The van der Waals surface area contributed by atoms with Gasteiger partial charge in [-0.3, -0.25) is 0 Å². The molecule has 1 aliphatic heterocycles. The lowest BCUT2D eigenvalue weighted by Gasteiger charge is -2.26. The molecule has 2 N–H and O–H groups in total. The van der Waals surface area contributed by atoms with Gasteiger partial charge in [0.05, 0.1) is 12.1 Å². The lowest BCUT2D eigenvalue weighted by molar-refractivity contribution is 0.110. The first-order chi connectivity index (χ1) is 15.2. The number of aromatic nitrogens is 3. The molecule has 1 saturated carbocycles. The predicted molar refractivity (Wildman–Crippen MR) is 111 cm³/mol. The van der Waals surface area contributed by atoms with Crippen LogP contribution in [0.15, 0.2) is 30.5 Å². The van der Waals surface area contributed by atoms with E-state index in [1.807, 2.05) is 4.90 Å². The number of anilines is 2. The van der Waals surface area contributed by atoms with Gasteiger partial charge in [0.2, 0.25) is 0 Å². The highest BCUT2D eigenvalue weighted by molar-refractivity contribution is 7.80. The van der Waals surface area contributed by atoms with Gasteiger partial charge in [0.25, 0.3) is 11.9 Å². The van der Waals surface area contributed by atoms with Crippen molar-refractivity contribution in [1.29, 1.82) is 0 Å². The van der Waals surface area contributed by atoms with E-state index in [0.29, 0.717) is 18.8 Å². The molecule has 3 aromatic rings. The van der Waals surface area contributed by atoms with Crippen molar-refractivity contribution in [3.05, 3.63) is 53.6 Å². The molecule has 6 nitrogen and oxygen atoms in total. The second-order valence-electron chi connectivity index (χ2n) is 7.85. The molecule has 1 aromatic carbocycles. The van der Waals surface area contributed by atoms with Gasteiger partial charge in [-0.15, -0.1) is 5.10 Å². The fourth-order valence-corrected chi connectivity index (χ4v) is 4.22. The summed E-state index contributed by atoms with van der Waals surface area (Å²) >= 11 is 5.02. The minimum atomic E-state index is -2.84. The zero-order valence-electron chi connectivity index (χ0n) is 16.5. The van der Waals surface area contributed by atoms with Crippen molar-refractivity contribution < 1.29 is 22.0 Å². The summed E-state index contributed by atoms with van der Waals surface area (Å²) in [5, 5.41) is 8.54. The molecule has 0 radical (unpaired) electrons. The molecule has 3 heterocycles. The zero-order chi connectivity index (χ0) is 22.6. The standard InChI is InChI=1S/C20H17F5N6S/c21-10-3-4-12(22)11(8-10)13-2-1-6-30(13)15-5-7-31-18(27-15)16(17(23)29-31)28-19(32)26-14-9-20(14,24)25/h3-5,7-8,13-14H,1-2,6,9H2,(H2,26,28,32)/t13-,14?/m1/s1. The first kappa shape index (κ1) is 20.9. The molecule has 32 heavy (non-hydrogen) atoms. The topological polar surface area (TPSA) is 57.5 Å². The van der Waals surface area contributed by atoms with Crippen LogP contribution in [-0.4, -0.2) is 38.2 Å². The van der Waals surface area contributed by atoms with Gasteiger partial charge in [-0.2, -0.15) is 4.39 Å². The molecular formula is C20H17F5N6S. The smallest absolute Gasteiger partial charge is 0.270 e. The van der Waals surface area contributed by atoms with E-state index in [-0.39, 0.29) is 28.4 Å². The predicted octanol–water partition coefficient (Wildman–Crippen LogP) is 4.18. The summed E-state index contributed by atoms with van der Waals surface area (Å²) in [7, 11) is 0. The van der Waals surface area contributed by atoms with Crippen LogP contribution in [0.1, 0.15) is 30.9 Å². The molecule has 5 rings (SSSR count). The fourth-order valence-electron chi connectivity index (χ4n) is 3.97. The molecule has 2 aliphatic rings. The van der Waals surface area contributed by atoms with Gasteiger partial charge in [-0.05, 0) is 49.3 Å². The third-order valence-corrected chi connectivity index (χ3v) is 5.88. The summed E-state index contributed by atoms with van der Waals surface area (Å²) in [5.74, 6) is -4.39. The molecule has 1 unspecified atom stereocenters. The van der Waals surface area contributed by atoms with E-state index in [0.717, 1.165) is 18.6 Å². The summed E-state index contributed by atoms with van der Waals surface area (Å²) in [6.45, 7) is 0.542. The zero-order valence-corrected chi connectivity index (χ0v) is 17.3. The van der Waals surface area contributed by atoms with E-state index in [4.69, 9.17) is 12.2 Å². The number of alkyl halides is 2. The highest BCUT2D eigenvalue weighted by Gasteiger charge is 2.57. The maximum absolute atomic E-state index is 14.4. The Morgan fingerprint density at radius 1 is 1.19 bits per heavy atom. The minimum absolute atomic E-state index is 0.0806. The third-order valence-electron chi connectivity index (χ3n) is 5.66.